The number of hydrogen-bond acceptors (Lipinski definition) is 4. The van der Waals surface area contributed by atoms with Crippen molar-refractivity contribution < 1.29 is 23.0 Å². The summed E-state index contributed by atoms with van der Waals surface area (Å²) in [6.07, 6.45) is 1.08. The number of carbonyl (C=O) groups is 1. The Hall–Kier alpha value is -2.64. The number of carbonyl (C=O) groups excluding carboxylic acids is 1. The van der Waals surface area contributed by atoms with E-state index in [0.29, 0.717) is 29.4 Å². The van der Waals surface area contributed by atoms with E-state index in [4.69, 9.17) is 9.47 Å². The summed E-state index contributed by atoms with van der Waals surface area (Å²) in [6.45, 7) is 0.0533. The van der Waals surface area contributed by atoms with Gasteiger partial charge in [-0.25, -0.2) is 4.68 Å². The first-order valence-electron chi connectivity index (χ1n) is 7.47. The van der Waals surface area contributed by atoms with E-state index in [-0.39, 0.29) is 11.7 Å². The van der Waals surface area contributed by atoms with Crippen molar-refractivity contribution >= 4 is 5.91 Å². The van der Waals surface area contributed by atoms with E-state index in [2.05, 4.69) is 5.10 Å². The average molecular weight is 337 g/mol. The van der Waals surface area contributed by atoms with E-state index in [1.54, 1.807) is 13.1 Å². The summed E-state index contributed by atoms with van der Waals surface area (Å²) in [5, 5.41) is 3.61. The maximum Gasteiger partial charge on any atom is 0.333 e. The third-order valence-electron chi connectivity index (χ3n) is 3.98. The summed E-state index contributed by atoms with van der Waals surface area (Å²) in [7, 11) is 1.60. The Labute approximate surface area is 137 Å². The summed E-state index contributed by atoms with van der Waals surface area (Å²) in [4.78, 5) is 13.9. The lowest BCUT2D eigenvalue weighted by Gasteiger charge is -2.26. The Bertz CT molecular complexity index is 748. The van der Waals surface area contributed by atoms with Crippen LogP contribution < -0.4 is 9.47 Å². The van der Waals surface area contributed by atoms with Crippen molar-refractivity contribution in [2.75, 3.05) is 20.3 Å². The molecule has 6 nitrogen and oxygen atoms in total. The highest BCUT2D eigenvalue weighted by molar-refractivity contribution is 5.92. The molecule has 2 aromatic rings. The molecule has 1 aromatic carbocycles. The highest BCUT2D eigenvalue weighted by atomic mass is 19.3. The second-order valence-corrected chi connectivity index (χ2v) is 5.45. The van der Waals surface area contributed by atoms with Gasteiger partial charge >= 0.3 is 6.55 Å². The van der Waals surface area contributed by atoms with E-state index < -0.39 is 12.5 Å². The molecule has 8 heteroatoms. The molecule has 0 radical (unpaired) electrons. The second-order valence-electron chi connectivity index (χ2n) is 5.45. The van der Waals surface area contributed by atoms with Gasteiger partial charge in [0.2, 0.25) is 0 Å². The van der Waals surface area contributed by atoms with Gasteiger partial charge in [-0.05, 0) is 30.7 Å². The molecule has 0 bridgehead atoms. The van der Waals surface area contributed by atoms with Crippen LogP contribution in [0.15, 0.2) is 30.5 Å². The van der Waals surface area contributed by atoms with Crippen molar-refractivity contribution in [3.8, 4) is 11.5 Å². The molecule has 2 heterocycles. The topological polar surface area (TPSA) is 56.6 Å². The van der Waals surface area contributed by atoms with Crippen molar-refractivity contribution in [1.82, 2.24) is 14.7 Å². The number of fused-ring (bicyclic) bond motifs is 1. The number of aromatic nitrogens is 2. The lowest BCUT2D eigenvalue weighted by atomic mass is 10.1. The fraction of sp³-hybridized carbons (Fsp3) is 0.375. The molecule has 0 saturated heterocycles. The first-order chi connectivity index (χ1) is 11.5. The largest absolute Gasteiger partial charge is 0.486 e. The minimum Gasteiger partial charge on any atom is -0.486 e. The standard InChI is InChI=1S/C16H17F2N3O3/c1-10(11-3-4-13-14(9-11)24-8-7-23-13)20(2)15(22)12-5-6-21(19-12)16(17)18/h3-6,9-10,16H,7-8H2,1-2H3/t10-/m1/s1. The van der Waals surface area contributed by atoms with Gasteiger partial charge in [-0.2, -0.15) is 13.9 Å². The zero-order valence-electron chi connectivity index (χ0n) is 13.3. The lowest BCUT2D eigenvalue weighted by Crippen LogP contribution is -2.30. The number of amides is 1. The molecule has 0 saturated carbocycles. The third-order valence-corrected chi connectivity index (χ3v) is 3.98. The van der Waals surface area contributed by atoms with Crippen molar-refractivity contribution in [2.45, 2.75) is 19.5 Å². The zero-order chi connectivity index (χ0) is 17.3. The number of alkyl halides is 2. The Morgan fingerprint density at radius 3 is 2.62 bits per heavy atom. The van der Waals surface area contributed by atoms with Crippen LogP contribution in [0.25, 0.3) is 0 Å². The van der Waals surface area contributed by atoms with Gasteiger partial charge in [-0.1, -0.05) is 6.07 Å². The molecule has 0 N–H and O–H groups in total. The van der Waals surface area contributed by atoms with Gasteiger partial charge in [0.05, 0.1) is 6.04 Å². The molecule has 1 aliphatic rings. The number of benzene rings is 1. The van der Waals surface area contributed by atoms with Crippen LogP contribution in [0.2, 0.25) is 0 Å². The van der Waals surface area contributed by atoms with Gasteiger partial charge in [-0.15, -0.1) is 0 Å². The van der Waals surface area contributed by atoms with Crippen molar-refractivity contribution in [3.63, 3.8) is 0 Å². The molecule has 0 aliphatic carbocycles. The van der Waals surface area contributed by atoms with Crippen LogP contribution in [0.3, 0.4) is 0 Å². The second kappa shape index (κ2) is 6.46. The maximum atomic E-state index is 12.6. The average Bonchev–Trinajstić information content (AvgIpc) is 3.09. The normalized spacial score (nSPS) is 14.5. The van der Waals surface area contributed by atoms with Crippen LogP contribution >= 0.6 is 0 Å². The van der Waals surface area contributed by atoms with E-state index in [1.807, 2.05) is 19.1 Å². The molecule has 0 unspecified atom stereocenters. The number of hydrogen-bond donors (Lipinski definition) is 0. The summed E-state index contributed by atoms with van der Waals surface area (Å²) < 4.78 is 36.6. The van der Waals surface area contributed by atoms with Crippen molar-refractivity contribution in [3.05, 3.63) is 41.7 Å². The van der Waals surface area contributed by atoms with Crippen molar-refractivity contribution in [1.29, 1.82) is 0 Å². The number of nitrogens with zero attached hydrogens (tertiary/aromatic N) is 3. The number of ether oxygens (including phenoxy) is 2. The van der Waals surface area contributed by atoms with E-state index in [9.17, 15) is 13.6 Å². The van der Waals surface area contributed by atoms with Gasteiger partial charge in [-0.3, -0.25) is 4.79 Å². The van der Waals surface area contributed by atoms with Crippen LogP contribution in [0.1, 0.15) is 35.6 Å². The summed E-state index contributed by atoms with van der Waals surface area (Å²) in [5.41, 5.74) is 0.825. The summed E-state index contributed by atoms with van der Waals surface area (Å²) >= 11 is 0. The summed E-state index contributed by atoms with van der Waals surface area (Å²) in [5.74, 6) is 0.868. The highest BCUT2D eigenvalue weighted by Crippen LogP contribution is 2.34. The van der Waals surface area contributed by atoms with Gasteiger partial charge in [0.25, 0.3) is 5.91 Å². The number of halogens is 2. The quantitative estimate of drug-likeness (QED) is 0.861. The first kappa shape index (κ1) is 16.2. The van der Waals surface area contributed by atoms with Crippen LogP contribution in [-0.4, -0.2) is 40.8 Å². The van der Waals surface area contributed by atoms with E-state index >= 15 is 0 Å². The maximum absolute atomic E-state index is 12.6. The van der Waals surface area contributed by atoms with Gasteiger partial charge in [0.1, 0.15) is 13.2 Å². The molecule has 0 fully saturated rings. The molecule has 0 spiro atoms. The van der Waals surface area contributed by atoms with E-state index in [0.717, 1.165) is 11.8 Å². The predicted octanol–water partition coefficient (Wildman–Crippen LogP) is 2.88. The SMILES string of the molecule is C[C@H](c1ccc2c(c1)OCCO2)N(C)C(=O)c1ccn(C(F)F)n1. The fourth-order valence-corrected chi connectivity index (χ4v) is 2.46. The van der Waals surface area contributed by atoms with Crippen LogP contribution in [0.5, 0.6) is 11.5 Å². The first-order valence-corrected chi connectivity index (χ1v) is 7.47. The molecule has 128 valence electrons. The number of rotatable bonds is 4. The Balaban J connectivity index is 1.78. The van der Waals surface area contributed by atoms with Crippen LogP contribution in [0, 0.1) is 0 Å². The van der Waals surface area contributed by atoms with E-state index in [1.165, 1.54) is 11.0 Å². The monoisotopic (exact) mass is 337 g/mol. The van der Waals surface area contributed by atoms with Crippen LogP contribution in [0.4, 0.5) is 8.78 Å². The predicted molar refractivity (Wildman–Crippen MR) is 81.4 cm³/mol. The molecule has 1 atom stereocenters. The Morgan fingerprint density at radius 1 is 1.25 bits per heavy atom. The van der Waals surface area contributed by atoms with Crippen molar-refractivity contribution in [2.24, 2.45) is 0 Å². The van der Waals surface area contributed by atoms with Gasteiger partial charge in [0.15, 0.2) is 17.2 Å². The fourth-order valence-electron chi connectivity index (χ4n) is 2.46. The third kappa shape index (κ3) is 3.04. The summed E-state index contributed by atoms with van der Waals surface area (Å²) in [6, 6.07) is 6.46. The molecule has 1 aromatic heterocycles. The molecular weight excluding hydrogens is 320 g/mol. The zero-order valence-corrected chi connectivity index (χ0v) is 13.3. The molecule has 1 amide bonds. The minimum absolute atomic E-state index is 0.0257. The smallest absolute Gasteiger partial charge is 0.333 e. The lowest BCUT2D eigenvalue weighted by molar-refractivity contribution is 0.0550. The van der Waals surface area contributed by atoms with Gasteiger partial charge < -0.3 is 14.4 Å². The molecule has 3 rings (SSSR count). The molecule has 1 aliphatic heterocycles. The highest BCUT2D eigenvalue weighted by Gasteiger charge is 2.23. The Kier molecular flexibility index (Phi) is 4.37. The van der Waals surface area contributed by atoms with Crippen LogP contribution in [-0.2, 0) is 0 Å². The Morgan fingerprint density at radius 2 is 1.96 bits per heavy atom. The molecule has 24 heavy (non-hydrogen) atoms. The minimum atomic E-state index is -2.77. The van der Waals surface area contributed by atoms with Gasteiger partial charge in [0, 0.05) is 13.2 Å². The molecular formula is C16H17F2N3O3.